The van der Waals surface area contributed by atoms with Crippen LogP contribution in [-0.2, 0) is 19.1 Å². The summed E-state index contributed by atoms with van der Waals surface area (Å²) in [6.45, 7) is 12.0. The molecule has 2 amide bonds. The smallest absolute Gasteiger partial charge is 0.310 e. The molecule has 9 heteroatoms. The van der Waals surface area contributed by atoms with E-state index in [1.54, 1.807) is 17.9 Å². The summed E-state index contributed by atoms with van der Waals surface area (Å²) in [5.41, 5.74) is -0.450. The van der Waals surface area contributed by atoms with Crippen LogP contribution in [0.5, 0.6) is 0 Å². The van der Waals surface area contributed by atoms with Crippen LogP contribution in [0.15, 0.2) is 36.9 Å². The van der Waals surface area contributed by atoms with Crippen molar-refractivity contribution in [1.82, 2.24) is 4.90 Å². The van der Waals surface area contributed by atoms with Crippen molar-refractivity contribution < 1.29 is 29.3 Å². The Morgan fingerprint density at radius 2 is 1.81 bits per heavy atom. The van der Waals surface area contributed by atoms with E-state index in [0.29, 0.717) is 31.4 Å². The van der Waals surface area contributed by atoms with E-state index in [4.69, 9.17) is 4.74 Å². The predicted molar refractivity (Wildman–Crippen MR) is 140 cm³/mol. The van der Waals surface area contributed by atoms with E-state index in [1.807, 2.05) is 24.3 Å². The highest BCUT2D eigenvalue weighted by molar-refractivity contribution is 6.04. The van der Waals surface area contributed by atoms with Crippen molar-refractivity contribution in [1.29, 1.82) is 0 Å². The van der Waals surface area contributed by atoms with Crippen LogP contribution in [0.3, 0.4) is 0 Å². The Balaban J connectivity index is 1.73. The minimum absolute atomic E-state index is 0.0248. The second-order valence-corrected chi connectivity index (χ2v) is 10.5. The van der Waals surface area contributed by atoms with E-state index in [1.165, 1.54) is 4.90 Å². The summed E-state index contributed by atoms with van der Waals surface area (Å²) >= 11 is 0. The number of aliphatic hydroxyl groups excluding tert-OH is 1. The Labute approximate surface area is 218 Å². The molecule has 2 unspecified atom stereocenters. The Hall–Kier alpha value is -2.91. The number of hydrogen-bond donors (Lipinski definition) is 2. The monoisotopic (exact) mass is 513 g/mol. The van der Waals surface area contributed by atoms with Gasteiger partial charge in [-0.1, -0.05) is 6.08 Å². The van der Waals surface area contributed by atoms with Gasteiger partial charge in [-0.3, -0.25) is 14.4 Å². The number of carbonyl (C=O) groups is 3. The van der Waals surface area contributed by atoms with Gasteiger partial charge in [-0.2, -0.15) is 0 Å². The molecule has 3 aliphatic rings. The van der Waals surface area contributed by atoms with Gasteiger partial charge in [0.15, 0.2) is 0 Å². The summed E-state index contributed by atoms with van der Waals surface area (Å²) in [5.74, 6) is -3.63. The molecule has 0 aromatic heterocycles. The lowest BCUT2D eigenvalue weighted by atomic mass is 9.66. The Bertz CT molecular complexity index is 1040. The van der Waals surface area contributed by atoms with Crippen LogP contribution >= 0.6 is 0 Å². The third-order valence-corrected chi connectivity index (χ3v) is 8.45. The number of anilines is 2. The van der Waals surface area contributed by atoms with E-state index in [0.717, 1.165) is 18.8 Å². The molecule has 3 fully saturated rings. The molecule has 3 heterocycles. The maximum atomic E-state index is 14.4. The van der Waals surface area contributed by atoms with E-state index in [9.17, 15) is 24.6 Å². The molecule has 0 saturated carbocycles. The molecule has 202 valence electrons. The second-order valence-electron chi connectivity index (χ2n) is 10.5. The molecule has 1 spiro atoms. The number of rotatable bonds is 12. The first-order chi connectivity index (χ1) is 17.7. The Morgan fingerprint density at radius 3 is 2.38 bits per heavy atom. The first kappa shape index (κ1) is 27.1. The zero-order chi connectivity index (χ0) is 27.0. The van der Waals surface area contributed by atoms with Gasteiger partial charge in [-0.05, 0) is 70.7 Å². The number of aliphatic hydroxyl groups is 1. The van der Waals surface area contributed by atoms with Gasteiger partial charge in [0.05, 0.1) is 17.4 Å². The molecule has 37 heavy (non-hydrogen) atoms. The minimum atomic E-state index is -1.19. The molecule has 3 saturated heterocycles. The number of unbranched alkanes of at least 4 members (excludes halogenated alkanes) is 1. The number of fused-ring (bicyclic) bond motifs is 1. The van der Waals surface area contributed by atoms with Crippen molar-refractivity contribution in [3.63, 3.8) is 0 Å². The second kappa shape index (κ2) is 10.5. The summed E-state index contributed by atoms with van der Waals surface area (Å²) in [6, 6.07) is 6.80. The highest BCUT2D eigenvalue weighted by Crippen LogP contribution is 2.63. The largest absolute Gasteiger partial charge is 0.481 e. The molecule has 2 N–H and O–H groups in total. The number of benzene rings is 1. The first-order valence-electron chi connectivity index (χ1n) is 13.3. The molecule has 3 aliphatic heterocycles. The first-order valence-corrected chi connectivity index (χ1v) is 13.3. The molecule has 0 aliphatic carbocycles. The third kappa shape index (κ3) is 4.32. The molecule has 5 atom stereocenters. The number of carboxylic acid groups (broad SMARTS) is 1. The average molecular weight is 514 g/mol. The third-order valence-electron chi connectivity index (χ3n) is 8.45. The summed E-state index contributed by atoms with van der Waals surface area (Å²) in [4.78, 5) is 45.8. The quantitative estimate of drug-likeness (QED) is 0.327. The van der Waals surface area contributed by atoms with Gasteiger partial charge in [-0.15, -0.1) is 6.58 Å². The normalized spacial score (nSPS) is 29.9. The zero-order valence-electron chi connectivity index (χ0n) is 22.1. The van der Waals surface area contributed by atoms with E-state index < -0.39 is 35.0 Å². The van der Waals surface area contributed by atoms with Crippen molar-refractivity contribution in [2.45, 2.75) is 63.7 Å². The van der Waals surface area contributed by atoms with Crippen molar-refractivity contribution >= 4 is 29.2 Å². The van der Waals surface area contributed by atoms with Crippen molar-refractivity contribution in [3.05, 3.63) is 36.9 Å². The summed E-state index contributed by atoms with van der Waals surface area (Å²) in [5, 5.41) is 19.4. The summed E-state index contributed by atoms with van der Waals surface area (Å²) in [6.07, 6.45) is 3.55. The Kier molecular flexibility index (Phi) is 7.67. The highest BCUT2D eigenvalue weighted by Gasteiger charge is 2.78. The van der Waals surface area contributed by atoms with E-state index in [-0.39, 0.29) is 31.5 Å². The molecular formula is C28H39N3O6. The van der Waals surface area contributed by atoms with Crippen LogP contribution in [0, 0.1) is 11.8 Å². The summed E-state index contributed by atoms with van der Waals surface area (Å²) < 4.78 is 6.46. The van der Waals surface area contributed by atoms with Crippen molar-refractivity contribution in [2.75, 3.05) is 42.6 Å². The van der Waals surface area contributed by atoms with Crippen molar-refractivity contribution in [3.8, 4) is 0 Å². The molecule has 4 rings (SSSR count). The number of nitrogens with zero attached hydrogens (tertiary/aromatic N) is 3. The van der Waals surface area contributed by atoms with E-state index in [2.05, 4.69) is 25.3 Å². The SMILES string of the molecule is C=CCN(C(=O)C1N(CCCCO)C(=O)[C@@H]2[C@H](C(=O)O)[C@]3(C)CCC12O3)c1ccc(N(CC)CC)cc1. The number of hydrogen-bond acceptors (Lipinski definition) is 6. The van der Waals surface area contributed by atoms with Crippen LogP contribution in [0.25, 0.3) is 0 Å². The number of likely N-dealkylation sites (tertiary alicyclic amines) is 1. The Morgan fingerprint density at radius 1 is 1.16 bits per heavy atom. The van der Waals surface area contributed by atoms with Crippen LogP contribution in [0.4, 0.5) is 11.4 Å². The van der Waals surface area contributed by atoms with Crippen LogP contribution in [0.1, 0.15) is 46.5 Å². The van der Waals surface area contributed by atoms with Crippen LogP contribution in [0.2, 0.25) is 0 Å². The molecule has 2 bridgehead atoms. The number of carbonyl (C=O) groups excluding carboxylic acids is 2. The predicted octanol–water partition coefficient (Wildman–Crippen LogP) is 2.67. The van der Waals surface area contributed by atoms with Gasteiger partial charge >= 0.3 is 5.97 Å². The molecule has 1 aromatic rings. The fraction of sp³-hybridized carbons (Fsp3) is 0.607. The van der Waals surface area contributed by atoms with Gasteiger partial charge in [0.1, 0.15) is 11.6 Å². The van der Waals surface area contributed by atoms with Gasteiger partial charge in [0.2, 0.25) is 5.91 Å². The number of aliphatic carboxylic acids is 1. The average Bonchev–Trinajstić information content (AvgIpc) is 3.44. The fourth-order valence-electron chi connectivity index (χ4n) is 6.75. The van der Waals surface area contributed by atoms with Gasteiger partial charge < -0.3 is 29.6 Å². The molecule has 1 aromatic carbocycles. The minimum Gasteiger partial charge on any atom is -0.481 e. The van der Waals surface area contributed by atoms with Crippen LogP contribution < -0.4 is 9.80 Å². The number of carboxylic acids is 1. The molecule has 9 nitrogen and oxygen atoms in total. The standard InChI is InChI=1S/C28H39N3O6/c1-5-16-30(20-12-10-19(11-13-20)29(6-2)7-3)25(34)23-28-15-14-27(4,37-28)22(26(35)36)21(28)24(33)31(23)17-8-9-18-32/h5,10-13,21-23,32H,1,6-9,14-18H2,2-4H3,(H,35,36)/t21-,22+,23?,27-,28?/m0/s1. The summed E-state index contributed by atoms with van der Waals surface area (Å²) in [7, 11) is 0. The highest BCUT2D eigenvalue weighted by atomic mass is 16.5. The van der Waals surface area contributed by atoms with Crippen molar-refractivity contribution in [2.24, 2.45) is 11.8 Å². The zero-order valence-corrected chi connectivity index (χ0v) is 22.1. The fourth-order valence-corrected chi connectivity index (χ4v) is 6.75. The lowest BCUT2D eigenvalue weighted by Gasteiger charge is -2.37. The van der Waals surface area contributed by atoms with Gasteiger partial charge in [0.25, 0.3) is 5.91 Å². The maximum Gasteiger partial charge on any atom is 0.310 e. The van der Waals surface area contributed by atoms with Gasteiger partial charge in [0, 0.05) is 44.2 Å². The lowest BCUT2D eigenvalue weighted by molar-refractivity contribution is -0.154. The number of amides is 2. The molecular weight excluding hydrogens is 474 g/mol. The number of ether oxygens (including phenoxy) is 1. The van der Waals surface area contributed by atoms with Crippen LogP contribution in [-0.4, -0.2) is 82.9 Å². The molecule has 0 radical (unpaired) electrons. The maximum absolute atomic E-state index is 14.4. The van der Waals surface area contributed by atoms with Gasteiger partial charge in [-0.25, -0.2) is 0 Å². The van der Waals surface area contributed by atoms with E-state index >= 15 is 0 Å². The topological polar surface area (TPSA) is 111 Å². The lowest BCUT2D eigenvalue weighted by Crippen LogP contribution is -2.56.